The Balaban J connectivity index is 2.70. The van der Waals surface area contributed by atoms with Crippen LogP contribution in [0, 0.1) is 0 Å². The Labute approximate surface area is 133 Å². The molecule has 0 bridgehead atoms. The summed E-state index contributed by atoms with van der Waals surface area (Å²) in [6, 6.07) is 7.43. The third kappa shape index (κ3) is 5.22. The van der Waals surface area contributed by atoms with E-state index in [0.29, 0.717) is 6.42 Å². The van der Waals surface area contributed by atoms with Crippen molar-refractivity contribution in [2.24, 2.45) is 0 Å². The molecule has 0 aliphatic rings. The Hall–Kier alpha value is -1.75. The maximum Gasteiger partial charge on any atom is 0.315 e. The number of methoxy groups -OCH3 is 1. The van der Waals surface area contributed by atoms with Crippen LogP contribution in [-0.2, 0) is 0 Å². The van der Waals surface area contributed by atoms with Crippen LogP contribution in [0.15, 0.2) is 24.3 Å². The molecule has 124 valence electrons. The van der Waals surface area contributed by atoms with Crippen LogP contribution < -0.4 is 15.4 Å². The van der Waals surface area contributed by atoms with Crippen LogP contribution in [0.4, 0.5) is 4.79 Å². The number of urea groups is 1. The normalized spacial score (nSPS) is 14.8. The smallest absolute Gasteiger partial charge is 0.315 e. The highest BCUT2D eigenvalue weighted by Gasteiger charge is 2.24. The van der Waals surface area contributed by atoms with E-state index in [1.165, 1.54) is 0 Å². The summed E-state index contributed by atoms with van der Waals surface area (Å²) < 4.78 is 5.15. The van der Waals surface area contributed by atoms with Crippen molar-refractivity contribution in [3.63, 3.8) is 0 Å². The molecular weight excluding hydrogens is 280 g/mol. The second-order valence-electron chi connectivity index (χ2n) is 5.72. The summed E-state index contributed by atoms with van der Waals surface area (Å²) in [5, 5.41) is 15.1. The molecule has 0 spiro atoms. The molecule has 1 aromatic carbocycles. The maximum absolute atomic E-state index is 12.2. The molecule has 1 rings (SSSR count). The number of carbonyl (C=O) groups is 1. The van der Waals surface area contributed by atoms with Gasteiger partial charge < -0.3 is 20.5 Å². The molecular formula is C17H28N2O3. The molecule has 0 saturated carbocycles. The molecule has 0 aliphatic carbocycles. The van der Waals surface area contributed by atoms with Crippen molar-refractivity contribution >= 4 is 6.03 Å². The van der Waals surface area contributed by atoms with Gasteiger partial charge in [-0.2, -0.15) is 0 Å². The Kier molecular flexibility index (Phi) is 7.18. The van der Waals surface area contributed by atoms with E-state index in [-0.39, 0.29) is 18.7 Å². The van der Waals surface area contributed by atoms with Gasteiger partial charge in [-0.05, 0) is 43.9 Å². The number of nitrogens with one attached hydrogen (secondary N) is 2. The zero-order chi connectivity index (χ0) is 16.6. The molecule has 2 unspecified atom stereocenters. The first kappa shape index (κ1) is 18.3. The molecule has 0 aromatic heterocycles. The van der Waals surface area contributed by atoms with E-state index < -0.39 is 5.54 Å². The first-order valence-corrected chi connectivity index (χ1v) is 7.81. The van der Waals surface area contributed by atoms with E-state index in [1.54, 1.807) is 7.11 Å². The predicted molar refractivity (Wildman–Crippen MR) is 88.1 cm³/mol. The van der Waals surface area contributed by atoms with E-state index >= 15 is 0 Å². The molecule has 0 heterocycles. The van der Waals surface area contributed by atoms with Crippen LogP contribution in [0.1, 0.15) is 51.6 Å². The zero-order valence-electron chi connectivity index (χ0n) is 14.0. The lowest BCUT2D eigenvalue weighted by atomic mass is 9.95. The lowest BCUT2D eigenvalue weighted by molar-refractivity contribution is 0.198. The molecule has 22 heavy (non-hydrogen) atoms. The third-order valence-corrected chi connectivity index (χ3v) is 4.09. The number of hydrogen-bond acceptors (Lipinski definition) is 3. The van der Waals surface area contributed by atoms with Crippen LogP contribution in [0.3, 0.4) is 0 Å². The quantitative estimate of drug-likeness (QED) is 0.691. The van der Waals surface area contributed by atoms with Crippen molar-refractivity contribution in [1.82, 2.24) is 10.6 Å². The summed E-state index contributed by atoms with van der Waals surface area (Å²) in [4.78, 5) is 12.2. The van der Waals surface area contributed by atoms with Gasteiger partial charge in [0.25, 0.3) is 0 Å². The van der Waals surface area contributed by atoms with Crippen LogP contribution in [0.5, 0.6) is 5.75 Å². The molecule has 1 aromatic rings. The highest BCUT2D eigenvalue weighted by Crippen LogP contribution is 2.20. The summed E-state index contributed by atoms with van der Waals surface area (Å²) >= 11 is 0. The molecule has 2 amide bonds. The fourth-order valence-corrected chi connectivity index (χ4v) is 2.30. The fraction of sp³-hybridized carbons (Fsp3) is 0.588. The van der Waals surface area contributed by atoms with Gasteiger partial charge in [-0.25, -0.2) is 4.79 Å². The summed E-state index contributed by atoms with van der Waals surface area (Å²) in [5.41, 5.74) is 0.649. The largest absolute Gasteiger partial charge is 0.497 e. The maximum atomic E-state index is 12.2. The van der Waals surface area contributed by atoms with Crippen molar-refractivity contribution in [3.8, 4) is 5.75 Å². The van der Waals surface area contributed by atoms with Gasteiger partial charge in [0.1, 0.15) is 5.75 Å². The van der Waals surface area contributed by atoms with E-state index in [4.69, 9.17) is 9.84 Å². The SMILES string of the molecule is CCC(NC(=O)NC(C)(CC)CCO)c1ccc(OC)cc1. The van der Waals surface area contributed by atoms with Gasteiger partial charge in [0.15, 0.2) is 0 Å². The topological polar surface area (TPSA) is 70.6 Å². The highest BCUT2D eigenvalue weighted by atomic mass is 16.5. The van der Waals surface area contributed by atoms with Crippen molar-refractivity contribution in [2.45, 2.75) is 51.6 Å². The molecule has 0 fully saturated rings. The molecule has 5 heteroatoms. The van der Waals surface area contributed by atoms with Gasteiger partial charge in [-0.3, -0.25) is 0 Å². The van der Waals surface area contributed by atoms with Crippen molar-refractivity contribution in [1.29, 1.82) is 0 Å². The number of rotatable bonds is 8. The lowest BCUT2D eigenvalue weighted by Crippen LogP contribution is -2.51. The molecule has 0 aliphatic heterocycles. The first-order chi connectivity index (χ1) is 10.5. The van der Waals surface area contributed by atoms with Gasteiger partial charge in [-0.15, -0.1) is 0 Å². The molecule has 0 radical (unpaired) electrons. The van der Waals surface area contributed by atoms with E-state index in [2.05, 4.69) is 10.6 Å². The third-order valence-electron chi connectivity index (χ3n) is 4.09. The first-order valence-electron chi connectivity index (χ1n) is 7.81. The average Bonchev–Trinajstić information content (AvgIpc) is 2.53. The second-order valence-corrected chi connectivity index (χ2v) is 5.72. The number of aliphatic hydroxyl groups excluding tert-OH is 1. The average molecular weight is 308 g/mol. The van der Waals surface area contributed by atoms with Gasteiger partial charge in [-0.1, -0.05) is 26.0 Å². The van der Waals surface area contributed by atoms with Crippen molar-refractivity contribution < 1.29 is 14.6 Å². The van der Waals surface area contributed by atoms with Crippen LogP contribution in [0.25, 0.3) is 0 Å². The Morgan fingerprint density at radius 1 is 1.32 bits per heavy atom. The second kappa shape index (κ2) is 8.63. The van der Waals surface area contributed by atoms with E-state index in [1.807, 2.05) is 45.0 Å². The minimum Gasteiger partial charge on any atom is -0.497 e. The van der Waals surface area contributed by atoms with E-state index in [9.17, 15) is 4.79 Å². The fourth-order valence-electron chi connectivity index (χ4n) is 2.30. The number of benzene rings is 1. The van der Waals surface area contributed by atoms with Crippen LogP contribution >= 0.6 is 0 Å². The zero-order valence-corrected chi connectivity index (χ0v) is 14.0. The number of carbonyl (C=O) groups excluding carboxylic acids is 1. The molecule has 2 atom stereocenters. The predicted octanol–water partition coefficient (Wildman–Crippen LogP) is 3.00. The van der Waals surface area contributed by atoms with Crippen molar-refractivity contribution in [2.75, 3.05) is 13.7 Å². The molecule has 5 nitrogen and oxygen atoms in total. The minimum atomic E-state index is -0.392. The highest BCUT2D eigenvalue weighted by molar-refractivity contribution is 5.75. The summed E-state index contributed by atoms with van der Waals surface area (Å²) in [6.45, 7) is 6.02. The summed E-state index contributed by atoms with van der Waals surface area (Å²) in [5.74, 6) is 0.796. The lowest BCUT2D eigenvalue weighted by Gasteiger charge is -2.30. The Bertz CT molecular complexity index is 461. The van der Waals surface area contributed by atoms with E-state index in [0.717, 1.165) is 24.2 Å². The number of amides is 2. The molecule has 3 N–H and O–H groups in total. The van der Waals surface area contributed by atoms with Gasteiger partial charge >= 0.3 is 6.03 Å². The van der Waals surface area contributed by atoms with Gasteiger partial charge in [0.05, 0.1) is 13.2 Å². The molecule has 0 saturated heterocycles. The monoisotopic (exact) mass is 308 g/mol. The Morgan fingerprint density at radius 3 is 2.41 bits per heavy atom. The number of aliphatic hydroxyl groups is 1. The number of ether oxygens (including phenoxy) is 1. The van der Waals surface area contributed by atoms with Gasteiger partial charge in [0.2, 0.25) is 0 Å². The van der Waals surface area contributed by atoms with Crippen LogP contribution in [0.2, 0.25) is 0 Å². The number of hydrogen-bond donors (Lipinski definition) is 3. The summed E-state index contributed by atoms with van der Waals surface area (Å²) in [7, 11) is 1.63. The van der Waals surface area contributed by atoms with Gasteiger partial charge in [0, 0.05) is 12.1 Å². The van der Waals surface area contributed by atoms with Crippen LogP contribution in [-0.4, -0.2) is 30.4 Å². The van der Waals surface area contributed by atoms with Crippen molar-refractivity contribution in [3.05, 3.63) is 29.8 Å². The standard InChI is InChI=1S/C17H28N2O3/c1-5-15(13-7-9-14(22-4)10-8-13)18-16(21)19-17(3,6-2)11-12-20/h7-10,15,20H,5-6,11-12H2,1-4H3,(H2,18,19,21). The summed E-state index contributed by atoms with van der Waals surface area (Å²) in [6.07, 6.45) is 2.10. The minimum absolute atomic E-state index is 0.0545. The Morgan fingerprint density at radius 2 is 1.95 bits per heavy atom.